The number of aliphatic carboxylic acids is 1. The van der Waals surface area contributed by atoms with Crippen molar-refractivity contribution in [2.45, 2.75) is 26.3 Å². The molecule has 0 bridgehead atoms. The monoisotopic (exact) mass is 273 g/mol. The minimum atomic E-state index is -0.898. The molecule has 1 aliphatic rings. The number of allylic oxidation sites excluding steroid dienone is 2. The Morgan fingerprint density at radius 2 is 1.85 bits per heavy atom. The van der Waals surface area contributed by atoms with E-state index in [1.807, 2.05) is 43.3 Å². The first-order valence-corrected chi connectivity index (χ1v) is 6.79. The van der Waals surface area contributed by atoms with E-state index in [1.165, 1.54) is 0 Å². The summed E-state index contributed by atoms with van der Waals surface area (Å²) in [7, 11) is 0. The summed E-state index contributed by atoms with van der Waals surface area (Å²) in [6.45, 7) is 2.43. The van der Waals surface area contributed by atoms with Crippen molar-refractivity contribution < 1.29 is 14.7 Å². The molecular weight excluding hydrogens is 254 g/mol. The second kappa shape index (κ2) is 6.37. The lowest BCUT2D eigenvalue weighted by molar-refractivity contribution is -0.147. The molecule has 1 aliphatic carbocycles. The largest absolute Gasteiger partial charge is 0.481 e. The minimum Gasteiger partial charge on any atom is -0.481 e. The van der Waals surface area contributed by atoms with Gasteiger partial charge in [0.1, 0.15) is 0 Å². The highest BCUT2D eigenvalue weighted by Gasteiger charge is 2.33. The molecule has 2 rings (SSSR count). The lowest BCUT2D eigenvalue weighted by Crippen LogP contribution is -2.38. The van der Waals surface area contributed by atoms with E-state index in [4.69, 9.17) is 0 Å². The van der Waals surface area contributed by atoms with Crippen molar-refractivity contribution in [3.63, 3.8) is 0 Å². The van der Waals surface area contributed by atoms with Gasteiger partial charge in [0.25, 0.3) is 0 Å². The van der Waals surface area contributed by atoms with Crippen molar-refractivity contribution in [1.82, 2.24) is 5.32 Å². The number of hydrogen-bond acceptors (Lipinski definition) is 2. The van der Waals surface area contributed by atoms with Gasteiger partial charge in [-0.2, -0.15) is 0 Å². The summed E-state index contributed by atoms with van der Waals surface area (Å²) in [4.78, 5) is 23.4. The van der Waals surface area contributed by atoms with Crippen LogP contribution >= 0.6 is 0 Å². The van der Waals surface area contributed by atoms with Crippen LogP contribution in [0.5, 0.6) is 0 Å². The first kappa shape index (κ1) is 14.3. The standard InChI is InChI=1S/C16H19NO3/c1-11-6-2-3-7-12(11)10-17-15(18)13-8-4-5-9-14(13)16(19)20/h2-7,13-14H,8-10H2,1H3,(H,17,18)(H,19,20). The van der Waals surface area contributed by atoms with E-state index in [-0.39, 0.29) is 5.91 Å². The van der Waals surface area contributed by atoms with E-state index >= 15 is 0 Å². The summed E-state index contributed by atoms with van der Waals surface area (Å²) in [5.74, 6) is -2.16. The van der Waals surface area contributed by atoms with E-state index in [0.29, 0.717) is 19.4 Å². The van der Waals surface area contributed by atoms with Crippen molar-refractivity contribution in [3.8, 4) is 0 Å². The third-order valence-corrected chi connectivity index (χ3v) is 3.80. The summed E-state index contributed by atoms with van der Waals surface area (Å²) in [5, 5.41) is 12.0. The average Bonchev–Trinajstić information content (AvgIpc) is 2.46. The van der Waals surface area contributed by atoms with Crippen molar-refractivity contribution in [3.05, 3.63) is 47.5 Å². The van der Waals surface area contributed by atoms with Gasteiger partial charge in [-0.25, -0.2) is 0 Å². The molecule has 4 heteroatoms. The molecule has 20 heavy (non-hydrogen) atoms. The Morgan fingerprint density at radius 1 is 1.20 bits per heavy atom. The summed E-state index contributed by atoms with van der Waals surface area (Å²) in [5.41, 5.74) is 2.17. The molecule has 0 aromatic heterocycles. The van der Waals surface area contributed by atoms with E-state index in [9.17, 15) is 14.7 Å². The second-order valence-electron chi connectivity index (χ2n) is 5.14. The summed E-state index contributed by atoms with van der Waals surface area (Å²) < 4.78 is 0. The summed E-state index contributed by atoms with van der Waals surface area (Å²) in [6.07, 6.45) is 4.65. The molecule has 106 valence electrons. The van der Waals surface area contributed by atoms with E-state index in [0.717, 1.165) is 11.1 Å². The Hall–Kier alpha value is -2.10. The zero-order chi connectivity index (χ0) is 14.5. The van der Waals surface area contributed by atoms with Gasteiger partial charge in [0.2, 0.25) is 5.91 Å². The molecule has 0 heterocycles. The number of benzene rings is 1. The van der Waals surface area contributed by atoms with E-state index in [2.05, 4.69) is 5.32 Å². The van der Waals surface area contributed by atoms with Crippen LogP contribution in [0.4, 0.5) is 0 Å². The van der Waals surface area contributed by atoms with E-state index < -0.39 is 17.8 Å². The molecule has 0 saturated heterocycles. The maximum Gasteiger partial charge on any atom is 0.307 e. The number of carboxylic acid groups (broad SMARTS) is 1. The van der Waals surface area contributed by atoms with Gasteiger partial charge in [0.15, 0.2) is 0 Å². The molecule has 1 amide bonds. The quantitative estimate of drug-likeness (QED) is 0.827. The number of carboxylic acids is 1. The molecule has 0 radical (unpaired) electrons. The van der Waals surface area contributed by atoms with Crippen LogP contribution < -0.4 is 5.32 Å². The molecule has 1 aromatic rings. The van der Waals surface area contributed by atoms with Crippen LogP contribution in [0, 0.1) is 18.8 Å². The molecule has 0 aliphatic heterocycles. The van der Waals surface area contributed by atoms with Crippen LogP contribution in [-0.2, 0) is 16.1 Å². The lowest BCUT2D eigenvalue weighted by atomic mass is 9.82. The van der Waals surface area contributed by atoms with Crippen molar-refractivity contribution in [2.75, 3.05) is 0 Å². The summed E-state index contributed by atoms with van der Waals surface area (Å²) >= 11 is 0. The molecule has 2 atom stereocenters. The topological polar surface area (TPSA) is 66.4 Å². The van der Waals surface area contributed by atoms with Crippen LogP contribution in [0.25, 0.3) is 0 Å². The maximum absolute atomic E-state index is 12.2. The van der Waals surface area contributed by atoms with Gasteiger partial charge in [-0.15, -0.1) is 0 Å². The Morgan fingerprint density at radius 3 is 2.50 bits per heavy atom. The first-order chi connectivity index (χ1) is 9.59. The second-order valence-corrected chi connectivity index (χ2v) is 5.14. The Labute approximate surface area is 118 Å². The van der Waals surface area contributed by atoms with Crippen LogP contribution in [0.1, 0.15) is 24.0 Å². The molecule has 1 aromatic carbocycles. The molecule has 2 unspecified atom stereocenters. The zero-order valence-corrected chi connectivity index (χ0v) is 11.5. The molecule has 0 spiro atoms. The predicted octanol–water partition coefficient (Wildman–Crippen LogP) is 2.28. The fraction of sp³-hybridized carbons (Fsp3) is 0.375. The van der Waals surface area contributed by atoms with Crippen LogP contribution in [0.2, 0.25) is 0 Å². The van der Waals surface area contributed by atoms with Gasteiger partial charge < -0.3 is 10.4 Å². The van der Waals surface area contributed by atoms with Crippen molar-refractivity contribution in [2.24, 2.45) is 11.8 Å². The SMILES string of the molecule is Cc1ccccc1CNC(=O)C1CC=CCC1C(=O)O. The highest BCUT2D eigenvalue weighted by Crippen LogP contribution is 2.26. The normalized spacial score (nSPS) is 21.4. The molecular formula is C16H19NO3. The Kier molecular flexibility index (Phi) is 4.56. The van der Waals surface area contributed by atoms with Gasteiger partial charge in [-0.1, -0.05) is 36.4 Å². The number of rotatable bonds is 4. The zero-order valence-electron chi connectivity index (χ0n) is 11.5. The highest BCUT2D eigenvalue weighted by molar-refractivity contribution is 5.85. The van der Waals surface area contributed by atoms with E-state index in [1.54, 1.807) is 0 Å². The number of amides is 1. The molecule has 2 N–H and O–H groups in total. The third kappa shape index (κ3) is 3.26. The van der Waals surface area contributed by atoms with Crippen molar-refractivity contribution >= 4 is 11.9 Å². The molecule has 0 saturated carbocycles. The fourth-order valence-corrected chi connectivity index (χ4v) is 2.50. The maximum atomic E-state index is 12.2. The highest BCUT2D eigenvalue weighted by atomic mass is 16.4. The van der Waals surface area contributed by atoms with Crippen molar-refractivity contribution in [1.29, 1.82) is 0 Å². The van der Waals surface area contributed by atoms with Gasteiger partial charge in [-0.3, -0.25) is 9.59 Å². The smallest absolute Gasteiger partial charge is 0.307 e. The molecule has 4 nitrogen and oxygen atoms in total. The van der Waals surface area contributed by atoms with Crippen LogP contribution in [-0.4, -0.2) is 17.0 Å². The number of carbonyl (C=O) groups excluding carboxylic acids is 1. The van der Waals surface area contributed by atoms with Gasteiger partial charge >= 0.3 is 5.97 Å². The van der Waals surface area contributed by atoms with Gasteiger partial charge in [0, 0.05) is 6.54 Å². The first-order valence-electron chi connectivity index (χ1n) is 6.79. The predicted molar refractivity (Wildman–Crippen MR) is 76.0 cm³/mol. The Balaban J connectivity index is 1.99. The minimum absolute atomic E-state index is 0.176. The molecule has 0 fully saturated rings. The summed E-state index contributed by atoms with van der Waals surface area (Å²) in [6, 6.07) is 7.83. The third-order valence-electron chi connectivity index (χ3n) is 3.80. The van der Waals surface area contributed by atoms with Gasteiger partial charge in [-0.05, 0) is 30.9 Å². The van der Waals surface area contributed by atoms with Crippen LogP contribution in [0.3, 0.4) is 0 Å². The average molecular weight is 273 g/mol. The van der Waals surface area contributed by atoms with Crippen LogP contribution in [0.15, 0.2) is 36.4 Å². The number of hydrogen-bond donors (Lipinski definition) is 2. The number of nitrogens with one attached hydrogen (secondary N) is 1. The fourth-order valence-electron chi connectivity index (χ4n) is 2.50. The number of carbonyl (C=O) groups is 2. The lowest BCUT2D eigenvalue weighted by Gasteiger charge is -2.24. The Bertz CT molecular complexity index is 536. The van der Waals surface area contributed by atoms with Gasteiger partial charge in [0.05, 0.1) is 11.8 Å². The number of aryl methyl sites for hydroxylation is 1.